The van der Waals surface area contributed by atoms with Gasteiger partial charge in [0.2, 0.25) is 0 Å². The second kappa shape index (κ2) is 55.8. The normalized spacial score (nSPS) is 10.2. The maximum absolute atomic E-state index is 7.50. The Morgan fingerprint density at radius 3 is 1.15 bits per heavy atom. The molecule has 1 rings (SSSR count). The van der Waals surface area contributed by atoms with Crippen molar-refractivity contribution in [2.45, 2.75) is 12.8 Å². The van der Waals surface area contributed by atoms with E-state index in [-0.39, 0.29) is 0 Å². The molecular weight excluding hydrogens is 414 g/mol. The van der Waals surface area contributed by atoms with Gasteiger partial charge in [0.05, 0.1) is 0 Å². The molecule has 4 nitrogen and oxygen atoms in total. The summed E-state index contributed by atoms with van der Waals surface area (Å²) in [4.78, 5) is 0. The molecule has 0 aromatic heterocycles. The molecule has 1 aliphatic rings. The molecule has 0 atom stereocenters. The first-order valence-corrected chi connectivity index (χ1v) is 8.77. The molecule has 0 amide bonds. The average Bonchev–Trinajstić information content (AvgIpc) is 2.87. The molecule has 0 N–H and O–H groups in total. The zero-order valence-electron chi connectivity index (χ0n) is 6.72. The van der Waals surface area contributed by atoms with E-state index in [1.165, 1.54) is 30.0 Å². The third-order valence-corrected chi connectivity index (χ3v) is 0.827. The first-order chi connectivity index (χ1) is 6.50. The Morgan fingerprint density at radius 1 is 0.846 bits per heavy atom. The van der Waals surface area contributed by atoms with Crippen LogP contribution in [0.3, 0.4) is 0 Å². The van der Waals surface area contributed by atoms with Gasteiger partial charge in [-0.05, 0) is 12.8 Å². The quantitative estimate of drug-likeness (QED) is 0.431. The van der Waals surface area contributed by atoms with Gasteiger partial charge in [0, 0.05) is 13.2 Å². The third-order valence-electron chi connectivity index (χ3n) is 0.827. The van der Waals surface area contributed by atoms with E-state index in [1.54, 1.807) is 0 Å². The predicted octanol–water partition coefficient (Wildman–Crippen LogP) is 1.53. The van der Waals surface area contributed by atoms with Crippen LogP contribution in [0.2, 0.25) is 0 Å². The second-order valence-electron chi connectivity index (χ2n) is 1.32. The van der Waals surface area contributed by atoms with Crippen LogP contribution in [0.15, 0.2) is 0 Å². The number of ether oxygens (including phenoxy) is 1. The van der Waals surface area contributed by atoms with Crippen LogP contribution in [0, 0.1) is 20.0 Å². The Bertz CT molecular complexity index is 86.9. The van der Waals surface area contributed by atoms with Crippen molar-refractivity contribution in [1.29, 1.82) is 0 Å². The summed E-state index contributed by atoms with van der Waals surface area (Å²) in [5, 5.41) is 0. The fourth-order valence-electron chi connectivity index (χ4n) is 0.510. The van der Waals surface area contributed by atoms with Crippen molar-refractivity contribution >= 4 is 13.4 Å². The Kier molecular flexibility index (Phi) is 99.8. The van der Waals surface area contributed by atoms with Crippen molar-refractivity contribution < 1.29 is 35.9 Å². The van der Waals surface area contributed by atoms with Crippen LogP contribution >= 0.6 is 13.4 Å². The molecule has 1 aliphatic heterocycles. The Balaban J connectivity index is -0.0000000445. The number of rotatable bonds is 0. The average molecular weight is 422 g/mol. The van der Waals surface area contributed by atoms with Gasteiger partial charge in [0.15, 0.2) is 0 Å². The zero-order valence-corrected chi connectivity index (χ0v) is 11.0. The summed E-state index contributed by atoms with van der Waals surface area (Å²) in [6, 6.07) is 0. The van der Waals surface area contributed by atoms with E-state index in [4.69, 9.17) is 18.7 Å². The summed E-state index contributed by atoms with van der Waals surface area (Å²) >= 11 is 4.53. The summed E-state index contributed by atoms with van der Waals surface area (Å²) in [5.41, 5.74) is 0. The summed E-state index contributed by atoms with van der Waals surface area (Å²) < 4.78 is 27.4. The van der Waals surface area contributed by atoms with Crippen LogP contribution in [0.1, 0.15) is 12.8 Å². The van der Waals surface area contributed by atoms with Crippen molar-refractivity contribution in [3.8, 4) is 0 Å². The Hall–Kier alpha value is 0.322. The molecule has 0 unspecified atom stereocenters. The van der Waals surface area contributed by atoms with E-state index >= 15 is 0 Å². The summed E-state index contributed by atoms with van der Waals surface area (Å²) in [6.45, 7) is 15.5. The van der Waals surface area contributed by atoms with E-state index in [2.05, 4.69) is 33.4 Å². The van der Waals surface area contributed by atoms with E-state index < -0.39 is 0 Å². The Labute approximate surface area is 95.2 Å². The molecule has 1 saturated heterocycles. The summed E-state index contributed by atoms with van der Waals surface area (Å²) in [6.07, 6.45) is 2.56. The van der Waals surface area contributed by atoms with Crippen LogP contribution in [-0.4, -0.2) is 13.2 Å². The van der Waals surface area contributed by atoms with Gasteiger partial charge in [-0.1, -0.05) is 0 Å². The molecular formula is C7H8BrO4Re. The van der Waals surface area contributed by atoms with Gasteiger partial charge in [-0.3, -0.25) is 0 Å². The molecule has 74 valence electrons. The summed E-state index contributed by atoms with van der Waals surface area (Å²) in [5.74, 6) is 0. The molecule has 0 aromatic rings. The SMILES string of the molecule is C1CCOC1.[Br][Re].[C-]#[O+].[C-]#[O+].[C-]#[O+]. The van der Waals surface area contributed by atoms with Gasteiger partial charge in [-0.15, -0.1) is 0 Å². The monoisotopic (exact) mass is 422 g/mol. The topological polar surface area (TPSA) is 68.9 Å². The van der Waals surface area contributed by atoms with Crippen LogP contribution in [0.5, 0.6) is 0 Å². The number of hydrogen-bond acceptors (Lipinski definition) is 1. The fourth-order valence-corrected chi connectivity index (χ4v) is 0.510. The molecule has 6 heteroatoms. The van der Waals surface area contributed by atoms with Gasteiger partial charge in [-0.25, -0.2) is 0 Å². The fraction of sp³-hybridized carbons (Fsp3) is 0.571. The number of halogens is 1. The Morgan fingerprint density at radius 2 is 1.08 bits per heavy atom. The van der Waals surface area contributed by atoms with Crippen molar-refractivity contribution in [1.82, 2.24) is 0 Å². The van der Waals surface area contributed by atoms with Crippen molar-refractivity contribution in [2.24, 2.45) is 0 Å². The molecule has 0 aromatic carbocycles. The van der Waals surface area contributed by atoms with Gasteiger partial charge in [0.1, 0.15) is 0 Å². The van der Waals surface area contributed by atoms with Crippen molar-refractivity contribution in [2.75, 3.05) is 13.2 Å². The van der Waals surface area contributed by atoms with E-state index in [0.717, 1.165) is 13.2 Å². The molecule has 0 bridgehead atoms. The van der Waals surface area contributed by atoms with E-state index in [1.807, 2.05) is 0 Å². The first kappa shape index (κ1) is 23.3. The van der Waals surface area contributed by atoms with Crippen LogP contribution in [-0.2, 0) is 35.9 Å². The minimum atomic E-state index is 1.00. The van der Waals surface area contributed by atoms with Gasteiger partial charge in [-0.2, -0.15) is 0 Å². The van der Waals surface area contributed by atoms with Gasteiger partial charge in [0.25, 0.3) is 0 Å². The molecule has 13 heavy (non-hydrogen) atoms. The molecule has 1 fully saturated rings. The number of hydrogen-bond donors (Lipinski definition) is 0. The predicted molar refractivity (Wildman–Crippen MR) is 40.8 cm³/mol. The minimum absolute atomic E-state index is 1.00. The maximum atomic E-state index is 7.50. The zero-order chi connectivity index (χ0) is 11.5. The van der Waals surface area contributed by atoms with Crippen LogP contribution < -0.4 is 0 Å². The van der Waals surface area contributed by atoms with E-state index in [0.29, 0.717) is 0 Å². The molecule has 1 heterocycles. The van der Waals surface area contributed by atoms with Crippen LogP contribution in [0.4, 0.5) is 0 Å². The molecule has 0 radical (unpaired) electrons. The molecule has 0 spiro atoms. The third kappa shape index (κ3) is 46.3. The van der Waals surface area contributed by atoms with Crippen LogP contribution in [0.25, 0.3) is 0 Å². The molecule has 0 aliphatic carbocycles. The van der Waals surface area contributed by atoms with Crippen molar-refractivity contribution in [3.63, 3.8) is 0 Å². The summed E-state index contributed by atoms with van der Waals surface area (Å²) in [7, 11) is 0. The second-order valence-corrected chi connectivity index (χ2v) is 1.32. The van der Waals surface area contributed by atoms with Crippen molar-refractivity contribution in [3.05, 3.63) is 20.0 Å². The van der Waals surface area contributed by atoms with Gasteiger partial charge >= 0.3 is 64.5 Å². The first-order valence-electron chi connectivity index (χ1n) is 2.83. The van der Waals surface area contributed by atoms with Gasteiger partial charge < -0.3 is 4.74 Å². The van der Waals surface area contributed by atoms with E-state index in [9.17, 15) is 0 Å². The standard InChI is InChI=1S/C4H8O.3CO.BrH.Re/c1-2-4-5-3-1;3*1-2;;/h1-4H2;;;;1H;/q;;;;;+1/p-1. The molecule has 0 saturated carbocycles.